The fourth-order valence-electron chi connectivity index (χ4n) is 2.65. The number of phosphoric acid groups is 3. The van der Waals surface area contributed by atoms with E-state index >= 15 is 0 Å². The number of rotatable bonds is 8. The summed E-state index contributed by atoms with van der Waals surface area (Å²) in [4.78, 5) is 58.4. The van der Waals surface area contributed by atoms with E-state index in [0.29, 0.717) is 0 Å². The van der Waals surface area contributed by atoms with Crippen molar-refractivity contribution in [3.8, 4) is 0 Å². The molecule has 1 heterocycles. The fraction of sp³-hybridized carbons (Fsp3) is 0.600. The average Bonchev–Trinajstić information content (AvgIpc) is 2.82. The van der Waals surface area contributed by atoms with Gasteiger partial charge < -0.3 is 39.5 Å². The van der Waals surface area contributed by atoms with E-state index in [1.165, 1.54) is 16.8 Å². The monoisotopic (exact) mass is 461 g/mol. The Morgan fingerprint density at radius 2 is 1.82 bits per heavy atom. The number of phosphoric ester groups is 1. The first-order chi connectivity index (χ1) is 12.7. The van der Waals surface area contributed by atoms with E-state index < -0.39 is 53.8 Å². The third-order valence-corrected chi connectivity index (χ3v) is 7.39. The van der Waals surface area contributed by atoms with Gasteiger partial charge in [0.25, 0.3) is 15.6 Å². The molecular weight excluding hydrogens is 447 g/mol. The van der Waals surface area contributed by atoms with Crippen LogP contribution in [0.5, 0.6) is 0 Å². The molecule has 18 heteroatoms. The smallest absolute Gasteiger partial charge is 0.349 e. The molecule has 1 aromatic rings. The van der Waals surface area contributed by atoms with Crippen molar-refractivity contribution < 1.29 is 51.5 Å². The van der Waals surface area contributed by atoms with Gasteiger partial charge in [-0.15, -0.1) is 0 Å². The predicted molar refractivity (Wildman–Crippen MR) is 81.6 cm³/mol. The number of aromatic nitrogens is 2. The molecule has 1 fully saturated rings. The van der Waals surface area contributed by atoms with Gasteiger partial charge in [0.2, 0.25) is 0 Å². The minimum Gasteiger partial charge on any atom is -0.790 e. The second-order valence-corrected chi connectivity index (χ2v) is 10.0. The van der Waals surface area contributed by atoms with Crippen molar-refractivity contribution in [2.45, 2.75) is 25.0 Å². The number of aliphatic hydroxyl groups is 1. The van der Waals surface area contributed by atoms with E-state index in [4.69, 9.17) is 5.73 Å². The summed E-state index contributed by atoms with van der Waals surface area (Å²) in [5.41, 5.74) is 4.70. The van der Waals surface area contributed by atoms with Crippen LogP contribution in [0.2, 0.25) is 0 Å². The van der Waals surface area contributed by atoms with Gasteiger partial charge in [-0.2, -0.15) is 4.98 Å². The summed E-state index contributed by atoms with van der Waals surface area (Å²) in [6.45, 7) is -0.748. The molecule has 1 aromatic heterocycles. The molecule has 0 saturated heterocycles. The summed E-state index contributed by atoms with van der Waals surface area (Å²) >= 11 is 0. The molecule has 0 bridgehead atoms. The first-order valence-corrected chi connectivity index (χ1v) is 11.8. The van der Waals surface area contributed by atoms with Crippen LogP contribution in [0.15, 0.2) is 17.1 Å². The van der Waals surface area contributed by atoms with E-state index in [1.807, 2.05) is 0 Å². The highest BCUT2D eigenvalue weighted by atomic mass is 31.3. The van der Waals surface area contributed by atoms with E-state index in [1.54, 1.807) is 0 Å². The number of anilines is 1. The number of hydrogen-bond donors (Lipinski definition) is 2. The zero-order valence-electron chi connectivity index (χ0n) is 13.8. The van der Waals surface area contributed by atoms with E-state index in [9.17, 15) is 43.2 Å². The highest BCUT2D eigenvalue weighted by Gasteiger charge is 2.36. The van der Waals surface area contributed by atoms with Crippen LogP contribution in [-0.4, -0.2) is 27.4 Å². The van der Waals surface area contributed by atoms with Gasteiger partial charge in [-0.05, 0) is 18.9 Å². The quantitative estimate of drug-likeness (QED) is 0.365. The molecule has 2 unspecified atom stereocenters. The Labute approximate surface area is 157 Å². The van der Waals surface area contributed by atoms with Crippen molar-refractivity contribution in [1.29, 1.82) is 0 Å². The Morgan fingerprint density at radius 1 is 1.18 bits per heavy atom. The highest BCUT2D eigenvalue weighted by molar-refractivity contribution is 7.64. The van der Waals surface area contributed by atoms with E-state index in [2.05, 4.69) is 18.1 Å². The zero-order valence-corrected chi connectivity index (χ0v) is 16.4. The Kier molecular flexibility index (Phi) is 7.02. The van der Waals surface area contributed by atoms with E-state index in [-0.39, 0.29) is 18.7 Å². The van der Waals surface area contributed by atoms with Crippen LogP contribution in [0.3, 0.4) is 0 Å². The summed E-state index contributed by atoms with van der Waals surface area (Å²) in [5.74, 6) is -0.855. The molecule has 0 spiro atoms. The molecular formula is C10H14N3O12P3-4. The zero-order chi connectivity index (χ0) is 21.3. The Bertz CT molecular complexity index is 914. The topological polar surface area (TPSA) is 252 Å². The Hall–Kier alpha value is -0.950. The van der Waals surface area contributed by atoms with Crippen molar-refractivity contribution >= 4 is 29.3 Å². The third-order valence-electron chi connectivity index (χ3n) is 3.72. The van der Waals surface area contributed by atoms with Gasteiger partial charge in [-0.3, -0.25) is 18.0 Å². The van der Waals surface area contributed by atoms with Crippen molar-refractivity contribution in [3.63, 3.8) is 0 Å². The Morgan fingerprint density at radius 3 is 2.39 bits per heavy atom. The first kappa shape index (κ1) is 23.3. The predicted octanol–water partition coefficient (Wildman–Crippen LogP) is -3.05. The molecule has 160 valence electrons. The lowest BCUT2D eigenvalue weighted by molar-refractivity contribution is -0.339. The van der Waals surface area contributed by atoms with Gasteiger partial charge in [-0.25, -0.2) is 9.11 Å². The molecule has 0 amide bonds. The number of nitrogens with zero attached hydrogens (tertiary/aromatic N) is 2. The molecule has 28 heavy (non-hydrogen) atoms. The fourth-order valence-corrected chi connectivity index (χ4v) is 5.56. The summed E-state index contributed by atoms with van der Waals surface area (Å²) in [6.07, 6.45) is 0.340. The van der Waals surface area contributed by atoms with Crippen LogP contribution in [-0.2, 0) is 26.8 Å². The van der Waals surface area contributed by atoms with Crippen molar-refractivity contribution in [3.05, 3.63) is 22.7 Å². The van der Waals surface area contributed by atoms with Crippen molar-refractivity contribution in [2.24, 2.45) is 5.92 Å². The van der Waals surface area contributed by atoms with Crippen LogP contribution in [0.25, 0.3) is 0 Å². The lowest BCUT2D eigenvalue weighted by Gasteiger charge is -2.37. The summed E-state index contributed by atoms with van der Waals surface area (Å²) in [7, 11) is -17.8. The summed E-state index contributed by atoms with van der Waals surface area (Å²) < 4.78 is 44.8. The van der Waals surface area contributed by atoms with Gasteiger partial charge >= 0.3 is 5.69 Å². The maximum Gasteiger partial charge on any atom is 0.349 e. The van der Waals surface area contributed by atoms with Crippen molar-refractivity contribution in [1.82, 2.24) is 9.55 Å². The maximum absolute atomic E-state index is 11.8. The maximum atomic E-state index is 11.8. The van der Waals surface area contributed by atoms with Gasteiger partial charge in [0.05, 0.1) is 20.5 Å². The standard InChI is InChI=1S/C10H18N3O12P3/c11-9-1-2-13(10(15)12-9)7-3-6(8(14)4-7)5-23-27(19,20)25-28(21,22)24-26(16,17)18/h1-2,6-8,14H,3-5H2,(H,19,20)(H,21,22)(H2,11,12,15)(H2,16,17,18)/p-4/t6-,7-,8-/m1/s1. The molecule has 2 rings (SSSR count). The third kappa shape index (κ3) is 6.83. The number of nitrogen functional groups attached to an aromatic ring is 1. The number of hydrogen-bond acceptors (Lipinski definition) is 14. The molecule has 5 atom stereocenters. The van der Waals surface area contributed by atoms with E-state index in [0.717, 1.165) is 0 Å². The van der Waals surface area contributed by atoms with Crippen LogP contribution in [0.4, 0.5) is 5.82 Å². The van der Waals surface area contributed by atoms with Crippen LogP contribution in [0, 0.1) is 5.92 Å². The lowest BCUT2D eigenvalue weighted by atomic mass is 10.1. The average molecular weight is 461 g/mol. The number of nitrogens with two attached hydrogens (primary N) is 1. The molecule has 1 aliphatic rings. The second kappa shape index (κ2) is 8.42. The molecule has 1 aliphatic carbocycles. The molecule has 3 N–H and O–H groups in total. The SMILES string of the molecule is Nc1ccn([C@@H]2C[C@H](COP(=O)([O-])OP(=O)([O-])OP(=O)([O-])[O-])[C@H](O)C2)c(=O)n1. The lowest BCUT2D eigenvalue weighted by Crippen LogP contribution is -2.26. The molecule has 0 radical (unpaired) electrons. The Balaban J connectivity index is 1.98. The summed E-state index contributed by atoms with van der Waals surface area (Å²) in [6, 6.07) is 0.797. The molecule has 0 aromatic carbocycles. The van der Waals surface area contributed by atoms with Gasteiger partial charge in [-0.1, -0.05) is 0 Å². The van der Waals surface area contributed by atoms with Crippen LogP contribution >= 0.6 is 23.5 Å². The summed E-state index contributed by atoms with van der Waals surface area (Å²) in [5, 5.41) is 10.0. The second-order valence-electron chi connectivity index (χ2n) is 5.80. The van der Waals surface area contributed by atoms with Gasteiger partial charge in [0, 0.05) is 18.2 Å². The first-order valence-electron chi connectivity index (χ1n) is 7.41. The van der Waals surface area contributed by atoms with Crippen LogP contribution in [0.1, 0.15) is 18.9 Å². The number of aliphatic hydroxyl groups excluding tert-OH is 1. The van der Waals surface area contributed by atoms with Crippen molar-refractivity contribution in [2.75, 3.05) is 12.3 Å². The van der Waals surface area contributed by atoms with Gasteiger partial charge in [0.1, 0.15) is 5.82 Å². The highest BCUT2D eigenvalue weighted by Crippen LogP contribution is 2.60. The van der Waals surface area contributed by atoms with Crippen LogP contribution < -0.4 is 31.0 Å². The minimum atomic E-state index is -6.08. The molecule has 1 saturated carbocycles. The largest absolute Gasteiger partial charge is 0.790 e. The normalized spacial score (nSPS) is 27.2. The molecule has 0 aliphatic heterocycles. The minimum absolute atomic E-state index is 0.00547. The molecule has 15 nitrogen and oxygen atoms in total. The van der Waals surface area contributed by atoms with Gasteiger partial charge in [0.15, 0.2) is 0 Å².